The smallest absolute Gasteiger partial charge is 0.0656 e. The van der Waals surface area contributed by atoms with Crippen molar-refractivity contribution in [2.75, 3.05) is 0 Å². The molecule has 15 rings (SSSR count). The molecule has 20 unspecified atom stereocenters. The van der Waals surface area contributed by atoms with Crippen LogP contribution >= 0.6 is 0 Å². The summed E-state index contributed by atoms with van der Waals surface area (Å²) in [5, 5.41) is 81.1. The zero-order chi connectivity index (χ0) is 65.6. The molecule has 2 aliphatic heterocycles. The van der Waals surface area contributed by atoms with Crippen molar-refractivity contribution in [3.8, 4) is 48.6 Å². The molecule has 20 atom stereocenters. The normalized spacial score (nSPS) is 50.8. The zero-order valence-electron chi connectivity index (χ0n) is 59.2. The van der Waals surface area contributed by atoms with E-state index in [0.717, 1.165) is 166 Å². The first-order valence-electron chi connectivity index (χ1n) is 41.8. The molecule has 0 aromatic carbocycles. The van der Waals surface area contributed by atoms with Crippen molar-refractivity contribution >= 4 is 0 Å². The number of likely N-dealkylation sites (tertiary alicyclic amines) is 2. The van der Waals surface area contributed by atoms with Crippen LogP contribution in [0, 0.1) is 256 Å². The van der Waals surface area contributed by atoms with E-state index >= 15 is 0 Å². The van der Waals surface area contributed by atoms with Crippen LogP contribution in [-0.2, 0) is 0 Å². The number of nitriles is 8. The molecule has 10 nitrogen and oxygen atoms in total. The first-order chi connectivity index (χ1) is 47.1. The summed E-state index contributed by atoms with van der Waals surface area (Å²) in [7, 11) is 0. The highest BCUT2D eigenvalue weighted by Crippen LogP contribution is 2.63. The molecule has 0 bridgehead atoms. The number of hydrogen-bond donors (Lipinski definition) is 0. The molecule has 96 heavy (non-hydrogen) atoms. The highest BCUT2D eigenvalue weighted by Gasteiger charge is 2.65. The highest BCUT2D eigenvalue weighted by atomic mass is 15.3. The Morgan fingerprint density at radius 3 is 0.729 bits per heavy atom. The maximum absolute atomic E-state index is 10.1. The van der Waals surface area contributed by atoms with Crippen molar-refractivity contribution in [2.24, 2.45) is 166 Å². The molecule has 13 aliphatic carbocycles. The third kappa shape index (κ3) is 13.8. The van der Waals surface area contributed by atoms with Crippen LogP contribution in [-0.4, -0.2) is 46.1 Å². The van der Waals surface area contributed by atoms with Crippen molar-refractivity contribution in [1.29, 1.82) is 42.1 Å². The Morgan fingerprint density at radius 1 is 0.188 bits per heavy atom. The van der Waals surface area contributed by atoms with E-state index in [9.17, 15) is 42.1 Å². The molecule has 2 saturated heterocycles. The molecule has 2 heterocycles. The van der Waals surface area contributed by atoms with E-state index in [1.807, 2.05) is 0 Å². The number of rotatable bonds is 10. The fraction of sp³-hybridized carbons (Fsp3) is 0.907. The van der Waals surface area contributed by atoms with E-state index in [1.165, 1.54) is 205 Å². The van der Waals surface area contributed by atoms with Gasteiger partial charge in [-0.2, -0.15) is 42.1 Å². The molecule has 10 heteroatoms. The van der Waals surface area contributed by atoms with Crippen LogP contribution in [0.2, 0.25) is 0 Å². The van der Waals surface area contributed by atoms with Crippen molar-refractivity contribution in [1.82, 2.24) is 9.80 Å². The topological polar surface area (TPSA) is 197 Å². The van der Waals surface area contributed by atoms with Crippen molar-refractivity contribution in [3.63, 3.8) is 0 Å². The molecular formula is C86H122N10. The van der Waals surface area contributed by atoms with Gasteiger partial charge in [0.05, 0.1) is 48.6 Å². The predicted molar refractivity (Wildman–Crippen MR) is 372 cm³/mol. The largest absolute Gasteiger partial charge is 0.294 e. The maximum atomic E-state index is 10.1. The standard InChI is InChI=1S/C86H122N10/c87-45-53-27-54(46-88)32-69(31-53)61-9-17-65(18-10-61)73-39-74(66-19-11-62(12-20-66)70-33-55(47-89)28-56(34-70)48-90)42-77(41-73)95-83-8-4-2-6-81(83)85-84(95)26-25-80-79-5-1-3-7-82(79)96(86(80)85)78-43-75(67-21-13-63(14-22-67)71-35-57(49-91)29-58(36-71)50-92)40-76(44-78)68-23-15-64(16-24-68)72-37-59(51-93)30-60(38-72)52-94/h53-86H,1-44H2. The third-order valence-corrected chi connectivity index (χ3v) is 33.6. The lowest BCUT2D eigenvalue weighted by Crippen LogP contribution is -2.57. The highest BCUT2D eigenvalue weighted by molar-refractivity contribution is 5.18. The fourth-order valence-electron chi connectivity index (χ4n) is 29.5. The summed E-state index contributed by atoms with van der Waals surface area (Å²) in [5.74, 6) is 14.8. The van der Waals surface area contributed by atoms with Gasteiger partial charge in [-0.15, -0.1) is 0 Å². The van der Waals surface area contributed by atoms with E-state index in [1.54, 1.807) is 0 Å². The van der Waals surface area contributed by atoms with E-state index in [-0.39, 0.29) is 47.3 Å². The molecule has 0 aromatic rings. The van der Waals surface area contributed by atoms with Crippen LogP contribution in [0.5, 0.6) is 0 Å². The summed E-state index contributed by atoms with van der Waals surface area (Å²) in [6.45, 7) is 0. The number of hydrogen-bond acceptors (Lipinski definition) is 10. The summed E-state index contributed by atoms with van der Waals surface area (Å²) in [5.41, 5.74) is 0. The molecule has 0 N–H and O–H groups in total. The van der Waals surface area contributed by atoms with Gasteiger partial charge in [-0.05, 0) is 375 Å². The molecule has 13 saturated carbocycles. The maximum Gasteiger partial charge on any atom is 0.0656 e. The van der Waals surface area contributed by atoms with Gasteiger partial charge in [0.15, 0.2) is 0 Å². The van der Waals surface area contributed by atoms with Crippen LogP contribution in [0.15, 0.2) is 0 Å². The van der Waals surface area contributed by atoms with Gasteiger partial charge in [0.1, 0.15) is 0 Å². The Kier molecular flexibility index (Phi) is 21.3. The van der Waals surface area contributed by atoms with Crippen LogP contribution in [0.3, 0.4) is 0 Å². The molecule has 0 aromatic heterocycles. The quantitative estimate of drug-likeness (QED) is 0.203. The van der Waals surface area contributed by atoms with Gasteiger partial charge in [0.25, 0.3) is 0 Å². The van der Waals surface area contributed by atoms with Gasteiger partial charge >= 0.3 is 0 Å². The lowest BCUT2D eigenvalue weighted by molar-refractivity contribution is -0.0372. The van der Waals surface area contributed by atoms with Gasteiger partial charge in [-0.3, -0.25) is 9.80 Å². The number of fused-ring (bicyclic) bond motifs is 7. The second kappa shape index (κ2) is 30.2. The lowest BCUT2D eigenvalue weighted by Gasteiger charge is -2.53. The third-order valence-electron chi connectivity index (χ3n) is 33.6. The molecule has 0 spiro atoms. The summed E-state index contributed by atoms with van der Waals surface area (Å²) in [6.07, 6.45) is 55.1. The second-order valence-electron chi connectivity index (χ2n) is 37.7. The average molecular weight is 1300 g/mol. The van der Waals surface area contributed by atoms with E-state index in [2.05, 4.69) is 58.4 Å². The minimum absolute atomic E-state index is 0.0475. The summed E-state index contributed by atoms with van der Waals surface area (Å²) in [6, 6.07) is 25.3. The average Bonchev–Trinajstić information content (AvgIpc) is 1.54. The zero-order valence-corrected chi connectivity index (χ0v) is 59.2. The Balaban J connectivity index is 0.705. The van der Waals surface area contributed by atoms with Gasteiger partial charge < -0.3 is 0 Å². The van der Waals surface area contributed by atoms with Crippen LogP contribution in [0.1, 0.15) is 283 Å². The van der Waals surface area contributed by atoms with Crippen molar-refractivity contribution in [3.05, 3.63) is 0 Å². The Hall–Kier alpha value is -4.16. The molecule has 0 amide bonds. The Bertz CT molecular complexity index is 2750. The van der Waals surface area contributed by atoms with Crippen molar-refractivity contribution < 1.29 is 0 Å². The van der Waals surface area contributed by atoms with Gasteiger partial charge in [0, 0.05) is 83.6 Å². The molecule has 15 aliphatic rings. The summed E-state index contributed by atoms with van der Waals surface area (Å²) < 4.78 is 0. The van der Waals surface area contributed by atoms with E-state index in [4.69, 9.17) is 0 Å². The monoisotopic (exact) mass is 1290 g/mol. The fourth-order valence-corrected chi connectivity index (χ4v) is 29.5. The summed E-state index contributed by atoms with van der Waals surface area (Å²) in [4.78, 5) is 6.98. The Labute approximate surface area is 581 Å². The molecule has 516 valence electrons. The minimum atomic E-state index is 0.0475. The number of nitrogens with zero attached hydrogens (tertiary/aromatic N) is 10. The lowest BCUT2D eigenvalue weighted by atomic mass is 9.59. The van der Waals surface area contributed by atoms with Crippen LogP contribution < -0.4 is 0 Å². The van der Waals surface area contributed by atoms with Gasteiger partial charge in [0.2, 0.25) is 0 Å². The minimum Gasteiger partial charge on any atom is -0.294 e. The molecular weight excluding hydrogens is 1170 g/mol. The SMILES string of the molecule is N#CC1CC(C#N)CC(C2CCC(C3CC(C4CCC(C5CC(C#N)CC(C#N)C5)CC4)CC(N4C5CCCCC5C5C4CCC4C6CCCCC6N(C6CC(C7CCC(C8CC(C#N)CC(C#N)C8)CC7)CC(C7CCC(C8CC(C#N)CC(C#N)C8)CC7)C6)C45)C3)CC2)C1. The van der Waals surface area contributed by atoms with E-state index in [0.29, 0.717) is 65.5 Å². The first-order valence-corrected chi connectivity index (χ1v) is 41.8. The Morgan fingerprint density at radius 2 is 0.438 bits per heavy atom. The van der Waals surface area contributed by atoms with E-state index < -0.39 is 0 Å². The predicted octanol–water partition coefficient (Wildman–Crippen LogP) is 19.6. The molecule has 15 fully saturated rings. The van der Waals surface area contributed by atoms with Crippen LogP contribution in [0.4, 0.5) is 0 Å². The molecule has 0 radical (unpaired) electrons. The van der Waals surface area contributed by atoms with Gasteiger partial charge in [-0.25, -0.2) is 0 Å². The first kappa shape index (κ1) is 67.7. The summed E-state index contributed by atoms with van der Waals surface area (Å²) >= 11 is 0. The van der Waals surface area contributed by atoms with Crippen LogP contribution in [0.25, 0.3) is 0 Å². The second-order valence-corrected chi connectivity index (χ2v) is 37.7. The van der Waals surface area contributed by atoms with Crippen molar-refractivity contribution in [2.45, 2.75) is 319 Å². The van der Waals surface area contributed by atoms with Gasteiger partial charge in [-0.1, -0.05) is 25.7 Å².